The molecule has 0 unspecified atom stereocenters. The molecule has 3 rings (SSSR count). The van der Waals surface area contributed by atoms with Crippen molar-refractivity contribution in [3.8, 4) is 0 Å². The number of fused-ring (bicyclic) bond motifs is 1. The molecule has 1 aromatic rings. The zero-order chi connectivity index (χ0) is 12.4. The van der Waals surface area contributed by atoms with Gasteiger partial charge in [0.1, 0.15) is 0 Å². The number of nitrogens with zero attached hydrogens (tertiary/aromatic N) is 1. The van der Waals surface area contributed by atoms with Gasteiger partial charge < -0.3 is 5.32 Å². The molecule has 0 atom stereocenters. The third-order valence-electron chi connectivity index (χ3n) is 3.76. The first kappa shape index (κ1) is 12.0. The van der Waals surface area contributed by atoms with E-state index < -0.39 is 0 Å². The molecule has 2 aliphatic rings. The first-order chi connectivity index (χ1) is 8.81. The van der Waals surface area contributed by atoms with E-state index in [1.54, 1.807) is 11.3 Å². The largest absolute Gasteiger partial charge is 0.335 e. The van der Waals surface area contributed by atoms with E-state index in [2.05, 4.69) is 15.6 Å². The highest BCUT2D eigenvalue weighted by Gasteiger charge is 2.19. The second-order valence-corrected chi connectivity index (χ2v) is 6.26. The summed E-state index contributed by atoms with van der Waals surface area (Å²) in [6.07, 6.45) is 9.36. The van der Waals surface area contributed by atoms with Gasteiger partial charge in [-0.25, -0.2) is 9.78 Å². The van der Waals surface area contributed by atoms with Crippen molar-refractivity contribution in [3.63, 3.8) is 0 Å². The van der Waals surface area contributed by atoms with Gasteiger partial charge in [-0.3, -0.25) is 5.32 Å². The van der Waals surface area contributed by atoms with Gasteiger partial charge in [0.05, 0.1) is 5.69 Å². The molecule has 2 aliphatic carbocycles. The Kier molecular flexibility index (Phi) is 3.50. The van der Waals surface area contributed by atoms with Crippen LogP contribution in [0.3, 0.4) is 0 Å². The van der Waals surface area contributed by atoms with Crippen molar-refractivity contribution < 1.29 is 4.79 Å². The Morgan fingerprint density at radius 2 is 1.94 bits per heavy atom. The summed E-state index contributed by atoms with van der Waals surface area (Å²) in [5.74, 6) is 0. The summed E-state index contributed by atoms with van der Waals surface area (Å²) in [6.45, 7) is 0. The first-order valence-corrected chi connectivity index (χ1v) is 7.69. The molecule has 0 bridgehead atoms. The maximum atomic E-state index is 11.8. The Morgan fingerprint density at radius 1 is 1.17 bits per heavy atom. The lowest BCUT2D eigenvalue weighted by Gasteiger charge is -2.11. The molecule has 5 heteroatoms. The topological polar surface area (TPSA) is 54.0 Å². The van der Waals surface area contributed by atoms with Gasteiger partial charge in [-0.1, -0.05) is 12.8 Å². The second-order valence-electron chi connectivity index (χ2n) is 5.18. The van der Waals surface area contributed by atoms with E-state index >= 15 is 0 Å². The Labute approximate surface area is 111 Å². The van der Waals surface area contributed by atoms with Crippen LogP contribution >= 0.6 is 11.3 Å². The molecule has 4 nitrogen and oxygen atoms in total. The zero-order valence-corrected chi connectivity index (χ0v) is 11.3. The van der Waals surface area contributed by atoms with E-state index in [-0.39, 0.29) is 6.03 Å². The third-order valence-corrected chi connectivity index (χ3v) is 4.83. The minimum absolute atomic E-state index is 0.0898. The number of aryl methyl sites for hydroxylation is 2. The van der Waals surface area contributed by atoms with Crippen molar-refractivity contribution >= 4 is 22.5 Å². The van der Waals surface area contributed by atoms with Gasteiger partial charge in [0.25, 0.3) is 0 Å². The van der Waals surface area contributed by atoms with Gasteiger partial charge in [-0.15, -0.1) is 11.3 Å². The van der Waals surface area contributed by atoms with E-state index in [9.17, 15) is 4.79 Å². The van der Waals surface area contributed by atoms with E-state index in [0.717, 1.165) is 30.8 Å². The number of hydrogen-bond acceptors (Lipinski definition) is 3. The van der Waals surface area contributed by atoms with Crippen LogP contribution in [0.1, 0.15) is 49.1 Å². The zero-order valence-electron chi connectivity index (χ0n) is 10.5. The predicted molar refractivity (Wildman–Crippen MR) is 73.2 cm³/mol. The van der Waals surface area contributed by atoms with Gasteiger partial charge in [0, 0.05) is 10.9 Å². The number of urea groups is 1. The quantitative estimate of drug-likeness (QED) is 0.863. The Hall–Kier alpha value is -1.10. The average Bonchev–Trinajstić information content (AvgIpc) is 2.96. The number of thiazole rings is 1. The summed E-state index contributed by atoms with van der Waals surface area (Å²) >= 11 is 1.64. The molecule has 1 heterocycles. The number of carbonyl (C=O) groups excluding carboxylic acids is 1. The summed E-state index contributed by atoms with van der Waals surface area (Å²) in [5, 5.41) is 6.67. The molecule has 18 heavy (non-hydrogen) atoms. The Balaban J connectivity index is 1.58. The van der Waals surface area contributed by atoms with Crippen LogP contribution in [0.2, 0.25) is 0 Å². The number of aromatic nitrogens is 1. The van der Waals surface area contributed by atoms with E-state index in [0.29, 0.717) is 6.04 Å². The van der Waals surface area contributed by atoms with Crippen molar-refractivity contribution in [1.82, 2.24) is 10.3 Å². The fourth-order valence-corrected chi connectivity index (χ4v) is 3.84. The maximum absolute atomic E-state index is 11.8. The van der Waals surface area contributed by atoms with Crippen LogP contribution in [0.4, 0.5) is 9.93 Å². The fraction of sp³-hybridized carbons (Fsp3) is 0.692. The van der Waals surface area contributed by atoms with Crippen LogP contribution in [-0.4, -0.2) is 17.1 Å². The highest BCUT2D eigenvalue weighted by Crippen LogP contribution is 2.29. The second kappa shape index (κ2) is 5.26. The molecule has 2 amide bonds. The lowest BCUT2D eigenvalue weighted by atomic mass is 10.0. The molecule has 0 spiro atoms. The monoisotopic (exact) mass is 265 g/mol. The normalized spacial score (nSPS) is 19.6. The Morgan fingerprint density at radius 3 is 2.72 bits per heavy atom. The third kappa shape index (κ3) is 2.66. The average molecular weight is 265 g/mol. The number of anilines is 1. The number of carbonyl (C=O) groups is 1. The predicted octanol–water partition coefficient (Wildman–Crippen LogP) is 3.09. The molecule has 0 saturated heterocycles. The van der Waals surface area contributed by atoms with Gasteiger partial charge in [0.2, 0.25) is 0 Å². The fourth-order valence-electron chi connectivity index (χ4n) is 2.79. The molecule has 2 N–H and O–H groups in total. The molecule has 98 valence electrons. The van der Waals surface area contributed by atoms with Crippen LogP contribution in [0.15, 0.2) is 0 Å². The minimum Gasteiger partial charge on any atom is -0.335 e. The molecule has 0 radical (unpaired) electrons. The van der Waals surface area contributed by atoms with Crippen molar-refractivity contribution in [2.75, 3.05) is 5.32 Å². The first-order valence-electron chi connectivity index (χ1n) is 6.87. The standard InChI is InChI=1S/C13H19N3OS/c17-12(14-9-5-1-2-6-9)16-13-15-10-7-3-4-8-11(10)18-13/h9H,1-8H2,(H2,14,15,16,17). The molecular formula is C13H19N3OS. The van der Waals surface area contributed by atoms with Crippen LogP contribution in [0.25, 0.3) is 0 Å². The lowest BCUT2D eigenvalue weighted by molar-refractivity contribution is 0.248. The number of hydrogen-bond donors (Lipinski definition) is 2. The van der Waals surface area contributed by atoms with Crippen LogP contribution in [0.5, 0.6) is 0 Å². The van der Waals surface area contributed by atoms with Crippen LogP contribution in [-0.2, 0) is 12.8 Å². The highest BCUT2D eigenvalue weighted by atomic mass is 32.1. The summed E-state index contributed by atoms with van der Waals surface area (Å²) in [4.78, 5) is 17.7. The molecule has 1 aromatic heterocycles. The number of amides is 2. The lowest BCUT2D eigenvalue weighted by Crippen LogP contribution is -2.36. The number of nitrogens with one attached hydrogen (secondary N) is 2. The van der Waals surface area contributed by atoms with Crippen molar-refractivity contribution in [2.45, 2.75) is 57.4 Å². The van der Waals surface area contributed by atoms with E-state index in [1.165, 1.54) is 36.3 Å². The molecule has 0 aromatic carbocycles. The van der Waals surface area contributed by atoms with Crippen molar-refractivity contribution in [1.29, 1.82) is 0 Å². The summed E-state index contributed by atoms with van der Waals surface area (Å²) in [5.41, 5.74) is 1.20. The Bertz CT molecular complexity index is 414. The maximum Gasteiger partial charge on any atom is 0.321 e. The van der Waals surface area contributed by atoms with Crippen molar-refractivity contribution in [3.05, 3.63) is 10.6 Å². The molecule has 1 saturated carbocycles. The van der Waals surface area contributed by atoms with E-state index in [4.69, 9.17) is 0 Å². The number of rotatable bonds is 2. The smallest absolute Gasteiger partial charge is 0.321 e. The van der Waals surface area contributed by atoms with E-state index in [1.807, 2.05) is 0 Å². The molecule has 1 fully saturated rings. The summed E-state index contributed by atoms with van der Waals surface area (Å²) in [7, 11) is 0. The van der Waals surface area contributed by atoms with Gasteiger partial charge in [0.15, 0.2) is 5.13 Å². The van der Waals surface area contributed by atoms with Crippen molar-refractivity contribution in [2.24, 2.45) is 0 Å². The SMILES string of the molecule is O=C(Nc1nc2c(s1)CCCC2)NC1CCCC1. The van der Waals surface area contributed by atoms with Gasteiger partial charge in [-0.05, 0) is 38.5 Å². The van der Waals surface area contributed by atoms with Gasteiger partial charge in [-0.2, -0.15) is 0 Å². The van der Waals surface area contributed by atoms with Gasteiger partial charge >= 0.3 is 6.03 Å². The molecule has 0 aliphatic heterocycles. The minimum atomic E-state index is -0.0898. The highest BCUT2D eigenvalue weighted by molar-refractivity contribution is 7.15. The van der Waals surface area contributed by atoms with Crippen LogP contribution < -0.4 is 10.6 Å². The van der Waals surface area contributed by atoms with Crippen LogP contribution in [0, 0.1) is 0 Å². The summed E-state index contributed by atoms with van der Waals surface area (Å²) in [6, 6.07) is 0.271. The molecular weight excluding hydrogens is 246 g/mol. The summed E-state index contributed by atoms with van der Waals surface area (Å²) < 4.78 is 0.